The monoisotopic (exact) mass is 548 g/mol. The Kier molecular flexibility index (Phi) is 6.32. The molecule has 2 unspecified atom stereocenters. The van der Waals surface area contributed by atoms with Gasteiger partial charge in [0.2, 0.25) is 5.91 Å². The molecule has 3 aliphatic heterocycles. The minimum Gasteiger partial charge on any atom is -0.381 e. The summed E-state index contributed by atoms with van der Waals surface area (Å²) in [7, 11) is 0. The highest BCUT2D eigenvalue weighted by molar-refractivity contribution is 7.17. The van der Waals surface area contributed by atoms with Crippen LogP contribution < -0.4 is 4.90 Å². The van der Waals surface area contributed by atoms with Crippen LogP contribution in [0.2, 0.25) is 0 Å². The minimum atomic E-state index is 0.00796. The second-order valence-corrected chi connectivity index (χ2v) is 13.4. The minimum absolute atomic E-state index is 0.00796. The summed E-state index contributed by atoms with van der Waals surface area (Å²) in [5.74, 6) is 2.21. The van der Waals surface area contributed by atoms with Gasteiger partial charge in [-0.05, 0) is 36.8 Å². The molecule has 0 radical (unpaired) electrons. The third-order valence-corrected chi connectivity index (χ3v) is 10.2. The van der Waals surface area contributed by atoms with Crippen LogP contribution in [-0.2, 0) is 20.9 Å². The Bertz CT molecular complexity index is 1370. The molecular formula is C29H36N6O3S. The first-order valence-corrected chi connectivity index (χ1v) is 15.0. The molecule has 0 bridgehead atoms. The van der Waals surface area contributed by atoms with E-state index >= 15 is 0 Å². The molecule has 1 spiro atoms. The van der Waals surface area contributed by atoms with Crippen molar-refractivity contribution in [1.82, 2.24) is 24.8 Å². The number of amides is 1. The highest BCUT2D eigenvalue weighted by Crippen LogP contribution is 2.55. The van der Waals surface area contributed by atoms with Crippen LogP contribution in [0.5, 0.6) is 0 Å². The number of hydrogen-bond acceptors (Lipinski definition) is 9. The van der Waals surface area contributed by atoms with Crippen molar-refractivity contribution in [3.05, 3.63) is 41.4 Å². The van der Waals surface area contributed by atoms with Crippen molar-refractivity contribution in [3.63, 3.8) is 0 Å². The van der Waals surface area contributed by atoms with Gasteiger partial charge in [0.1, 0.15) is 11.0 Å². The molecule has 7 rings (SSSR count). The van der Waals surface area contributed by atoms with E-state index in [0.29, 0.717) is 31.0 Å². The molecule has 206 valence electrons. The summed E-state index contributed by atoms with van der Waals surface area (Å²) in [6, 6.07) is 6.29. The Morgan fingerprint density at radius 3 is 2.77 bits per heavy atom. The summed E-state index contributed by atoms with van der Waals surface area (Å²) in [6.07, 6.45) is 4.66. The third-order valence-electron chi connectivity index (χ3n) is 9.40. The second kappa shape index (κ2) is 9.74. The zero-order valence-electron chi connectivity index (χ0n) is 22.7. The molecular weight excluding hydrogens is 512 g/mol. The summed E-state index contributed by atoms with van der Waals surface area (Å²) >= 11 is 1.58. The number of nitrogens with zero attached hydrogens (tertiary/aromatic N) is 6. The first-order valence-electron chi connectivity index (χ1n) is 14.1. The number of carbonyl (C=O) groups excluding carboxylic acids is 1. The standard InChI is InChI=1S/C29H36N6O3S/c1-28(2)10-22(28)27(36)35-15-29(16-35)14-34(26-24-25(30-17-31-26)32-18-39-24)11-20(29)12-38-13-21-4-3-5-23(33-21)19-6-8-37-9-7-19/h3-5,17-20,22H,6-16H2,1-2H3. The average molecular weight is 549 g/mol. The lowest BCUT2D eigenvalue weighted by molar-refractivity contribution is -0.148. The largest absolute Gasteiger partial charge is 0.381 e. The SMILES string of the molecule is CC1(C)CC1C(=O)N1CC2(C1)CN(c1ncnc3ncsc13)CC2COCc1cccc(C2CCOCC2)n1. The van der Waals surface area contributed by atoms with E-state index in [1.807, 2.05) is 5.51 Å². The number of rotatable bonds is 7. The van der Waals surface area contributed by atoms with Crippen LogP contribution in [0.25, 0.3) is 10.3 Å². The van der Waals surface area contributed by atoms with E-state index < -0.39 is 0 Å². The molecule has 9 nitrogen and oxygen atoms in total. The second-order valence-electron chi connectivity index (χ2n) is 12.5. The van der Waals surface area contributed by atoms with Crippen molar-refractivity contribution >= 4 is 33.4 Å². The third kappa shape index (κ3) is 4.70. The summed E-state index contributed by atoms with van der Waals surface area (Å²) < 4.78 is 12.9. The van der Waals surface area contributed by atoms with Gasteiger partial charge in [-0.2, -0.15) is 0 Å². The Morgan fingerprint density at radius 1 is 1.15 bits per heavy atom. The van der Waals surface area contributed by atoms with Crippen molar-refractivity contribution in [3.8, 4) is 0 Å². The fourth-order valence-electron chi connectivity index (χ4n) is 6.77. The Hall–Kier alpha value is -2.69. The molecule has 4 aliphatic rings. The van der Waals surface area contributed by atoms with Crippen LogP contribution in [0.1, 0.15) is 50.4 Å². The fraction of sp³-hybridized carbons (Fsp3) is 0.621. The molecule has 1 saturated carbocycles. The maximum absolute atomic E-state index is 13.1. The number of likely N-dealkylation sites (tertiary alicyclic amines) is 1. The lowest BCUT2D eigenvalue weighted by Gasteiger charge is -2.51. The van der Waals surface area contributed by atoms with Gasteiger partial charge in [-0.15, -0.1) is 11.3 Å². The lowest BCUT2D eigenvalue weighted by Crippen LogP contribution is -2.63. The maximum atomic E-state index is 13.1. The summed E-state index contributed by atoms with van der Waals surface area (Å²) in [5.41, 5.74) is 4.86. The normalized spacial score (nSPS) is 25.8. The van der Waals surface area contributed by atoms with E-state index in [1.165, 1.54) is 0 Å². The molecule has 2 atom stereocenters. The zero-order chi connectivity index (χ0) is 26.6. The van der Waals surface area contributed by atoms with Gasteiger partial charge in [0.15, 0.2) is 11.5 Å². The van der Waals surface area contributed by atoms with Crippen LogP contribution in [0.3, 0.4) is 0 Å². The summed E-state index contributed by atoms with van der Waals surface area (Å²) in [6.45, 7) is 10.4. The highest BCUT2D eigenvalue weighted by atomic mass is 32.1. The maximum Gasteiger partial charge on any atom is 0.226 e. The molecule has 4 fully saturated rings. The number of aromatic nitrogens is 4. The predicted molar refractivity (Wildman–Crippen MR) is 149 cm³/mol. The average Bonchev–Trinajstić information content (AvgIpc) is 3.25. The molecule has 10 heteroatoms. The smallest absolute Gasteiger partial charge is 0.226 e. The molecule has 6 heterocycles. The van der Waals surface area contributed by atoms with Crippen molar-refractivity contribution in [2.75, 3.05) is 50.9 Å². The highest BCUT2D eigenvalue weighted by Gasteiger charge is 2.60. The fourth-order valence-corrected chi connectivity index (χ4v) is 7.53. The summed E-state index contributed by atoms with van der Waals surface area (Å²) in [5, 5.41) is 0. The summed E-state index contributed by atoms with van der Waals surface area (Å²) in [4.78, 5) is 35.9. The topological polar surface area (TPSA) is 93.6 Å². The van der Waals surface area contributed by atoms with Gasteiger partial charge in [-0.3, -0.25) is 9.78 Å². The molecule has 1 amide bonds. The first-order chi connectivity index (χ1) is 18.9. The van der Waals surface area contributed by atoms with E-state index in [1.54, 1.807) is 17.7 Å². The Morgan fingerprint density at radius 2 is 1.97 bits per heavy atom. The molecule has 3 aromatic heterocycles. The lowest BCUT2D eigenvalue weighted by atomic mass is 9.71. The van der Waals surface area contributed by atoms with Crippen molar-refractivity contribution < 1.29 is 14.3 Å². The van der Waals surface area contributed by atoms with Crippen LogP contribution in [0.4, 0.5) is 5.82 Å². The Balaban J connectivity index is 1.05. The van der Waals surface area contributed by atoms with Crippen molar-refractivity contribution in [2.24, 2.45) is 22.7 Å². The van der Waals surface area contributed by atoms with E-state index in [4.69, 9.17) is 14.5 Å². The molecule has 0 aromatic carbocycles. The van der Waals surface area contributed by atoms with Gasteiger partial charge in [0.05, 0.1) is 24.4 Å². The van der Waals surface area contributed by atoms with E-state index in [2.05, 4.69) is 56.8 Å². The zero-order valence-corrected chi connectivity index (χ0v) is 23.5. The Labute approximate surface area is 233 Å². The predicted octanol–water partition coefficient (Wildman–Crippen LogP) is 3.90. The van der Waals surface area contributed by atoms with Gasteiger partial charge in [-0.25, -0.2) is 15.0 Å². The van der Waals surface area contributed by atoms with Crippen LogP contribution in [-0.4, -0.2) is 76.7 Å². The number of ether oxygens (including phenoxy) is 2. The van der Waals surface area contributed by atoms with Gasteiger partial charge >= 0.3 is 0 Å². The molecule has 39 heavy (non-hydrogen) atoms. The van der Waals surface area contributed by atoms with E-state index in [0.717, 1.165) is 86.2 Å². The van der Waals surface area contributed by atoms with Crippen molar-refractivity contribution in [2.45, 2.75) is 45.6 Å². The number of carbonyl (C=O) groups is 1. The quantitative estimate of drug-likeness (QED) is 0.439. The van der Waals surface area contributed by atoms with Gasteiger partial charge in [0.25, 0.3) is 0 Å². The van der Waals surface area contributed by atoms with Gasteiger partial charge in [-0.1, -0.05) is 19.9 Å². The number of pyridine rings is 1. The van der Waals surface area contributed by atoms with Crippen LogP contribution in [0, 0.1) is 22.7 Å². The van der Waals surface area contributed by atoms with Crippen molar-refractivity contribution in [1.29, 1.82) is 0 Å². The molecule has 3 saturated heterocycles. The number of thiazole rings is 1. The molecule has 1 aliphatic carbocycles. The number of anilines is 1. The van der Waals surface area contributed by atoms with E-state index in [9.17, 15) is 4.79 Å². The van der Waals surface area contributed by atoms with Crippen LogP contribution >= 0.6 is 11.3 Å². The molecule has 3 aromatic rings. The van der Waals surface area contributed by atoms with Crippen LogP contribution in [0.15, 0.2) is 30.0 Å². The number of hydrogen-bond donors (Lipinski definition) is 0. The first kappa shape index (κ1) is 25.3. The van der Waals surface area contributed by atoms with E-state index in [-0.39, 0.29) is 16.7 Å². The van der Waals surface area contributed by atoms with Gasteiger partial charge < -0.3 is 19.3 Å². The molecule has 0 N–H and O–H groups in total. The number of fused-ring (bicyclic) bond motifs is 1. The van der Waals surface area contributed by atoms with Gasteiger partial charge in [0, 0.05) is 68.3 Å².